The summed E-state index contributed by atoms with van der Waals surface area (Å²) in [4.78, 5) is 0. The Bertz CT molecular complexity index is 688. The minimum Gasteiger partial charge on any atom is -0.508 e. The molecule has 2 aromatic rings. The molecule has 0 saturated heterocycles. The molecule has 0 aliphatic heterocycles. The molecule has 2 aromatic carbocycles. The second-order valence-electron chi connectivity index (χ2n) is 9.34. The molecule has 0 bridgehead atoms. The highest BCUT2D eigenvalue weighted by molar-refractivity contribution is 5.48. The Morgan fingerprint density at radius 1 is 0.731 bits per heavy atom. The molecule has 0 unspecified atom stereocenters. The summed E-state index contributed by atoms with van der Waals surface area (Å²) in [5, 5.41) is 10.5. The van der Waals surface area contributed by atoms with E-state index in [0.717, 1.165) is 12.0 Å². The molecule has 0 fully saturated rings. The standard InChI is InChI=1S/C23H32O.C2H6/c1-21(2,3)16-22(4,5)18-13-14-20(24)19(15-18)23(6,7)17-11-9-8-10-12-17;1-2/h8-15,24H,16H2,1-7H3;1-2H3. The van der Waals surface area contributed by atoms with Gasteiger partial charge in [-0.1, -0.05) is 105 Å². The van der Waals surface area contributed by atoms with Gasteiger partial charge in [-0.15, -0.1) is 0 Å². The number of rotatable bonds is 4. The first-order valence-electron chi connectivity index (χ1n) is 9.83. The van der Waals surface area contributed by atoms with Crippen molar-refractivity contribution >= 4 is 0 Å². The van der Waals surface area contributed by atoms with Crippen molar-refractivity contribution in [3.8, 4) is 5.75 Å². The highest BCUT2D eigenvalue weighted by Crippen LogP contribution is 2.42. The van der Waals surface area contributed by atoms with Gasteiger partial charge in [0.1, 0.15) is 5.75 Å². The van der Waals surface area contributed by atoms with Crippen LogP contribution in [-0.2, 0) is 10.8 Å². The van der Waals surface area contributed by atoms with E-state index in [1.807, 2.05) is 26.0 Å². The van der Waals surface area contributed by atoms with Crippen molar-refractivity contribution in [2.45, 2.75) is 79.6 Å². The van der Waals surface area contributed by atoms with Crippen LogP contribution in [0.3, 0.4) is 0 Å². The van der Waals surface area contributed by atoms with Crippen molar-refractivity contribution in [2.24, 2.45) is 5.41 Å². The van der Waals surface area contributed by atoms with E-state index in [1.165, 1.54) is 11.1 Å². The Labute approximate surface area is 161 Å². The minimum absolute atomic E-state index is 0.0630. The van der Waals surface area contributed by atoms with Crippen LogP contribution in [0.1, 0.15) is 85.4 Å². The predicted octanol–water partition coefficient (Wildman–Crippen LogP) is 7.46. The van der Waals surface area contributed by atoms with Crippen LogP contribution in [0.25, 0.3) is 0 Å². The zero-order valence-corrected chi connectivity index (χ0v) is 18.3. The second-order valence-corrected chi connectivity index (χ2v) is 9.34. The highest BCUT2D eigenvalue weighted by atomic mass is 16.3. The summed E-state index contributed by atoms with van der Waals surface area (Å²) in [5.41, 5.74) is 3.58. The number of benzene rings is 2. The topological polar surface area (TPSA) is 20.2 Å². The molecule has 2 rings (SSSR count). The number of phenols is 1. The average molecular weight is 355 g/mol. The fourth-order valence-corrected chi connectivity index (χ4v) is 3.90. The largest absolute Gasteiger partial charge is 0.508 e. The van der Waals surface area contributed by atoms with E-state index in [1.54, 1.807) is 0 Å². The minimum atomic E-state index is -0.237. The third-order valence-corrected chi connectivity index (χ3v) is 4.92. The van der Waals surface area contributed by atoms with Crippen molar-refractivity contribution in [3.05, 3.63) is 65.2 Å². The maximum Gasteiger partial charge on any atom is 0.119 e. The van der Waals surface area contributed by atoms with Gasteiger partial charge in [0.15, 0.2) is 0 Å². The Morgan fingerprint density at radius 3 is 1.77 bits per heavy atom. The molecular weight excluding hydrogens is 316 g/mol. The van der Waals surface area contributed by atoms with Crippen molar-refractivity contribution < 1.29 is 5.11 Å². The lowest BCUT2D eigenvalue weighted by atomic mass is 9.70. The quantitative estimate of drug-likeness (QED) is 0.604. The van der Waals surface area contributed by atoms with Gasteiger partial charge in [0.05, 0.1) is 0 Å². The lowest BCUT2D eigenvalue weighted by Crippen LogP contribution is -2.26. The third kappa shape index (κ3) is 5.37. The van der Waals surface area contributed by atoms with Gasteiger partial charge in [0.2, 0.25) is 0 Å². The number of hydrogen-bond acceptors (Lipinski definition) is 1. The molecule has 0 saturated carbocycles. The lowest BCUT2D eigenvalue weighted by Gasteiger charge is -2.35. The summed E-state index contributed by atoms with van der Waals surface area (Å²) in [7, 11) is 0. The molecule has 26 heavy (non-hydrogen) atoms. The van der Waals surface area contributed by atoms with Crippen LogP contribution in [0.2, 0.25) is 0 Å². The van der Waals surface area contributed by atoms with Gasteiger partial charge in [-0.05, 0) is 34.4 Å². The van der Waals surface area contributed by atoms with Crippen molar-refractivity contribution in [2.75, 3.05) is 0 Å². The zero-order valence-electron chi connectivity index (χ0n) is 18.3. The van der Waals surface area contributed by atoms with Crippen LogP contribution in [0.4, 0.5) is 0 Å². The monoisotopic (exact) mass is 354 g/mol. The zero-order chi connectivity index (χ0) is 20.2. The molecule has 0 aliphatic carbocycles. The lowest BCUT2D eigenvalue weighted by molar-refractivity contribution is 0.283. The number of aromatic hydroxyl groups is 1. The van der Waals surface area contributed by atoms with Crippen molar-refractivity contribution in [1.29, 1.82) is 0 Å². The fourth-order valence-electron chi connectivity index (χ4n) is 3.90. The summed E-state index contributed by atoms with van der Waals surface area (Å²) < 4.78 is 0. The summed E-state index contributed by atoms with van der Waals surface area (Å²) >= 11 is 0. The Morgan fingerprint density at radius 2 is 1.27 bits per heavy atom. The molecule has 1 N–H and O–H groups in total. The predicted molar refractivity (Wildman–Crippen MR) is 115 cm³/mol. The van der Waals surface area contributed by atoms with Gasteiger partial charge in [0, 0.05) is 11.0 Å². The molecule has 0 heterocycles. The van der Waals surface area contributed by atoms with Crippen LogP contribution in [0.15, 0.2) is 48.5 Å². The van der Waals surface area contributed by atoms with E-state index < -0.39 is 0 Å². The molecule has 1 heteroatoms. The maximum atomic E-state index is 10.5. The first-order chi connectivity index (χ1) is 11.9. The van der Waals surface area contributed by atoms with Gasteiger partial charge >= 0.3 is 0 Å². The maximum absolute atomic E-state index is 10.5. The van der Waals surface area contributed by atoms with Crippen LogP contribution < -0.4 is 0 Å². The van der Waals surface area contributed by atoms with Gasteiger partial charge in [-0.25, -0.2) is 0 Å². The van der Waals surface area contributed by atoms with E-state index in [2.05, 4.69) is 84.9 Å². The Kier molecular flexibility index (Phi) is 7.10. The Hall–Kier alpha value is -1.76. The SMILES string of the molecule is CC.CC(C)(C)CC(C)(C)c1ccc(O)c(C(C)(C)c2ccccc2)c1. The van der Waals surface area contributed by atoms with Crippen LogP contribution in [-0.4, -0.2) is 5.11 Å². The summed E-state index contributed by atoms with van der Waals surface area (Å²) in [6, 6.07) is 16.5. The van der Waals surface area contributed by atoms with Crippen LogP contribution in [0.5, 0.6) is 5.75 Å². The summed E-state index contributed by atoms with van der Waals surface area (Å²) in [6.45, 7) is 19.8. The van der Waals surface area contributed by atoms with E-state index >= 15 is 0 Å². The first-order valence-corrected chi connectivity index (χ1v) is 9.83. The summed E-state index contributed by atoms with van der Waals surface area (Å²) in [6.07, 6.45) is 1.09. The molecule has 0 radical (unpaired) electrons. The fraction of sp³-hybridized carbons (Fsp3) is 0.520. The normalized spacial score (nSPS) is 12.3. The number of hydrogen-bond donors (Lipinski definition) is 1. The summed E-state index contributed by atoms with van der Waals surface area (Å²) in [5.74, 6) is 0.374. The van der Waals surface area contributed by atoms with Gasteiger partial charge in [-0.2, -0.15) is 0 Å². The number of phenolic OH excluding ortho intramolecular Hbond substituents is 1. The van der Waals surface area contributed by atoms with Crippen molar-refractivity contribution in [1.82, 2.24) is 0 Å². The van der Waals surface area contributed by atoms with E-state index in [4.69, 9.17) is 0 Å². The van der Waals surface area contributed by atoms with Gasteiger partial charge in [0.25, 0.3) is 0 Å². The highest BCUT2D eigenvalue weighted by Gasteiger charge is 2.31. The molecule has 0 atom stereocenters. The smallest absolute Gasteiger partial charge is 0.119 e. The van der Waals surface area contributed by atoms with Crippen LogP contribution >= 0.6 is 0 Å². The van der Waals surface area contributed by atoms with Gasteiger partial charge in [-0.3, -0.25) is 0 Å². The van der Waals surface area contributed by atoms with Crippen molar-refractivity contribution in [3.63, 3.8) is 0 Å². The third-order valence-electron chi connectivity index (χ3n) is 4.92. The second kappa shape index (κ2) is 8.29. The van der Waals surface area contributed by atoms with E-state index in [0.29, 0.717) is 5.75 Å². The molecule has 0 spiro atoms. The average Bonchev–Trinajstić information content (AvgIpc) is 2.55. The molecule has 0 aromatic heterocycles. The first kappa shape index (κ1) is 22.3. The van der Waals surface area contributed by atoms with Gasteiger partial charge < -0.3 is 5.11 Å². The molecule has 144 valence electrons. The van der Waals surface area contributed by atoms with Crippen LogP contribution in [0, 0.1) is 5.41 Å². The Balaban J connectivity index is 0.00000163. The van der Waals surface area contributed by atoms with E-state index in [-0.39, 0.29) is 16.2 Å². The molecule has 0 amide bonds. The molecular formula is C25H38O. The molecule has 1 nitrogen and oxygen atoms in total. The van der Waals surface area contributed by atoms with E-state index in [9.17, 15) is 5.11 Å². The molecule has 0 aliphatic rings.